The molecule has 0 aromatic heterocycles. The van der Waals surface area contributed by atoms with Gasteiger partial charge in [-0.1, -0.05) is 30.7 Å². The molecule has 1 N–H and O–H groups in total. The van der Waals surface area contributed by atoms with E-state index >= 15 is 0 Å². The first-order valence-electron chi connectivity index (χ1n) is 10.2. The summed E-state index contributed by atoms with van der Waals surface area (Å²) in [6.07, 6.45) is 11.5. The zero-order valence-corrected chi connectivity index (χ0v) is 14.5. The van der Waals surface area contributed by atoms with E-state index in [0.29, 0.717) is 11.9 Å². The van der Waals surface area contributed by atoms with Gasteiger partial charge in [-0.15, -0.1) is 0 Å². The van der Waals surface area contributed by atoms with E-state index in [9.17, 15) is 4.79 Å². The highest BCUT2D eigenvalue weighted by Crippen LogP contribution is 2.53. The van der Waals surface area contributed by atoms with Gasteiger partial charge in [0.1, 0.15) is 0 Å². The van der Waals surface area contributed by atoms with Gasteiger partial charge in [-0.3, -0.25) is 4.79 Å². The molecule has 4 saturated carbocycles. The normalized spacial score (nSPS) is 40.0. The van der Waals surface area contributed by atoms with Gasteiger partial charge in [0.2, 0.25) is 5.91 Å². The summed E-state index contributed by atoms with van der Waals surface area (Å²) in [4.78, 5) is 13.2. The Labute approximate surface area is 145 Å². The minimum absolute atomic E-state index is 0.0842. The molecule has 5 aliphatic carbocycles. The van der Waals surface area contributed by atoms with E-state index in [-0.39, 0.29) is 5.92 Å². The number of hydrogen-bond acceptors (Lipinski definition) is 1. The summed E-state index contributed by atoms with van der Waals surface area (Å²) in [5.41, 5.74) is 2.71. The molecule has 0 aliphatic heterocycles. The van der Waals surface area contributed by atoms with E-state index in [1.54, 1.807) is 0 Å². The number of nitrogens with one attached hydrogen (secondary N) is 1. The predicted octanol–water partition coefficient (Wildman–Crippen LogP) is 4.44. The minimum Gasteiger partial charge on any atom is -0.352 e. The van der Waals surface area contributed by atoms with Crippen molar-refractivity contribution < 1.29 is 4.79 Å². The Bertz CT molecular complexity index is 609. The molecule has 6 rings (SSSR count). The Balaban J connectivity index is 1.36. The number of hydrogen-bond donors (Lipinski definition) is 1. The molecule has 4 fully saturated rings. The number of amides is 1. The molecule has 0 heterocycles. The van der Waals surface area contributed by atoms with Crippen molar-refractivity contribution in [3.8, 4) is 0 Å². The molecule has 2 nitrogen and oxygen atoms in total. The smallest absolute Gasteiger partial charge is 0.227 e. The molecule has 2 heteroatoms. The minimum atomic E-state index is 0.0842. The molecule has 1 aromatic carbocycles. The van der Waals surface area contributed by atoms with Crippen LogP contribution in [0.25, 0.3) is 0 Å². The molecule has 1 aromatic rings. The Morgan fingerprint density at radius 2 is 1.62 bits per heavy atom. The Kier molecular flexibility index (Phi) is 3.68. The van der Waals surface area contributed by atoms with Gasteiger partial charge in [-0.25, -0.2) is 0 Å². The summed E-state index contributed by atoms with van der Waals surface area (Å²) < 4.78 is 0. The molecule has 128 valence electrons. The third-order valence-corrected chi connectivity index (χ3v) is 7.47. The predicted molar refractivity (Wildman–Crippen MR) is 95.7 cm³/mol. The molecule has 0 saturated heterocycles. The number of rotatable bonds is 2. The van der Waals surface area contributed by atoms with Crippen LogP contribution in [0.3, 0.4) is 0 Å². The third kappa shape index (κ3) is 2.50. The average Bonchev–Trinajstić information content (AvgIpc) is 2.80. The lowest BCUT2D eigenvalue weighted by molar-refractivity contribution is -0.126. The van der Waals surface area contributed by atoms with Gasteiger partial charge in [-0.2, -0.15) is 0 Å². The van der Waals surface area contributed by atoms with Gasteiger partial charge < -0.3 is 5.32 Å². The maximum absolute atomic E-state index is 13.2. The van der Waals surface area contributed by atoms with Crippen molar-refractivity contribution >= 4 is 5.91 Å². The molecular formula is C22H29NO. The van der Waals surface area contributed by atoms with Crippen LogP contribution in [0.4, 0.5) is 0 Å². The molecule has 0 spiro atoms. The van der Waals surface area contributed by atoms with E-state index in [1.165, 1.54) is 56.1 Å². The first kappa shape index (κ1) is 15.0. The third-order valence-electron chi connectivity index (χ3n) is 7.47. The quantitative estimate of drug-likeness (QED) is 0.801. The second kappa shape index (κ2) is 5.89. The Morgan fingerprint density at radius 3 is 2.38 bits per heavy atom. The van der Waals surface area contributed by atoms with Crippen LogP contribution in [0.15, 0.2) is 24.3 Å². The molecule has 5 aliphatic rings. The van der Waals surface area contributed by atoms with Gasteiger partial charge in [0.25, 0.3) is 0 Å². The molecule has 4 bridgehead atoms. The standard InChI is InChI=1S/C22H29NO/c24-22(20-8-4-2-6-16-5-1-3-7-19(16)20)23-21-17-10-14-9-15(12-17)13-18(21)11-14/h1,3,5,7,14-15,17-18,20-21H,2,4,6,8-13H2,(H,23,24). The maximum atomic E-state index is 13.2. The van der Waals surface area contributed by atoms with E-state index < -0.39 is 0 Å². The van der Waals surface area contributed by atoms with Crippen LogP contribution in [0, 0.1) is 23.7 Å². The van der Waals surface area contributed by atoms with Gasteiger partial charge in [-0.05, 0) is 86.2 Å². The van der Waals surface area contributed by atoms with Crippen molar-refractivity contribution in [1.29, 1.82) is 0 Å². The van der Waals surface area contributed by atoms with E-state index in [1.807, 2.05) is 0 Å². The summed E-state index contributed by atoms with van der Waals surface area (Å²) >= 11 is 0. The number of fused-ring (bicyclic) bond motifs is 1. The van der Waals surface area contributed by atoms with Gasteiger partial charge in [0, 0.05) is 6.04 Å². The Hall–Kier alpha value is -1.31. The van der Waals surface area contributed by atoms with Gasteiger partial charge in [0.15, 0.2) is 0 Å². The zero-order chi connectivity index (χ0) is 16.1. The van der Waals surface area contributed by atoms with Crippen LogP contribution in [-0.2, 0) is 11.2 Å². The van der Waals surface area contributed by atoms with Crippen molar-refractivity contribution in [3.63, 3.8) is 0 Å². The van der Waals surface area contributed by atoms with Crippen molar-refractivity contribution in [3.05, 3.63) is 35.4 Å². The molecule has 0 radical (unpaired) electrons. The Morgan fingerprint density at radius 1 is 0.917 bits per heavy atom. The number of aryl methyl sites for hydroxylation is 1. The number of carbonyl (C=O) groups excluding carboxylic acids is 1. The van der Waals surface area contributed by atoms with Gasteiger partial charge >= 0.3 is 0 Å². The summed E-state index contributed by atoms with van der Waals surface area (Å²) in [5, 5.41) is 3.56. The fourth-order valence-electron chi connectivity index (χ4n) is 6.62. The lowest BCUT2D eigenvalue weighted by Crippen LogP contribution is -2.56. The molecule has 1 amide bonds. The molecule has 1 atom stereocenters. The average molecular weight is 323 g/mol. The molecule has 24 heavy (non-hydrogen) atoms. The van der Waals surface area contributed by atoms with Crippen molar-refractivity contribution in [1.82, 2.24) is 5.32 Å². The first-order valence-corrected chi connectivity index (χ1v) is 10.2. The van der Waals surface area contributed by atoms with Crippen LogP contribution < -0.4 is 5.32 Å². The van der Waals surface area contributed by atoms with Crippen LogP contribution in [-0.4, -0.2) is 11.9 Å². The highest BCUT2D eigenvalue weighted by Gasteiger charge is 2.49. The monoisotopic (exact) mass is 323 g/mol. The van der Waals surface area contributed by atoms with Crippen molar-refractivity contribution in [2.45, 2.75) is 69.7 Å². The summed E-state index contributed by atoms with van der Waals surface area (Å²) in [6, 6.07) is 9.12. The van der Waals surface area contributed by atoms with E-state index in [0.717, 1.165) is 36.5 Å². The van der Waals surface area contributed by atoms with Crippen LogP contribution in [0.2, 0.25) is 0 Å². The maximum Gasteiger partial charge on any atom is 0.227 e. The lowest BCUT2D eigenvalue weighted by atomic mass is 9.54. The topological polar surface area (TPSA) is 29.1 Å². The number of carbonyl (C=O) groups is 1. The zero-order valence-electron chi connectivity index (χ0n) is 14.5. The van der Waals surface area contributed by atoms with Gasteiger partial charge in [0.05, 0.1) is 5.92 Å². The second-order valence-electron chi connectivity index (χ2n) is 8.96. The summed E-state index contributed by atoms with van der Waals surface area (Å²) in [5.74, 6) is 3.89. The lowest BCUT2D eigenvalue weighted by Gasteiger charge is -2.54. The SMILES string of the molecule is O=C(NC1C2CC3CC(C2)CC1C3)C1CCCCc2ccccc21. The summed E-state index contributed by atoms with van der Waals surface area (Å²) in [6.45, 7) is 0. The van der Waals surface area contributed by atoms with Crippen molar-refractivity contribution in [2.24, 2.45) is 23.7 Å². The van der Waals surface area contributed by atoms with E-state index in [2.05, 4.69) is 29.6 Å². The summed E-state index contributed by atoms with van der Waals surface area (Å²) in [7, 11) is 0. The van der Waals surface area contributed by atoms with Crippen LogP contribution in [0.1, 0.15) is 68.4 Å². The first-order chi connectivity index (χ1) is 11.8. The number of benzene rings is 1. The van der Waals surface area contributed by atoms with Crippen molar-refractivity contribution in [2.75, 3.05) is 0 Å². The van der Waals surface area contributed by atoms with E-state index in [4.69, 9.17) is 0 Å². The highest BCUT2D eigenvalue weighted by atomic mass is 16.2. The van der Waals surface area contributed by atoms with Crippen LogP contribution >= 0.6 is 0 Å². The second-order valence-corrected chi connectivity index (χ2v) is 8.96. The molecular weight excluding hydrogens is 294 g/mol. The largest absolute Gasteiger partial charge is 0.352 e. The van der Waals surface area contributed by atoms with Crippen LogP contribution in [0.5, 0.6) is 0 Å². The highest BCUT2D eigenvalue weighted by molar-refractivity contribution is 5.84. The fourth-order valence-corrected chi connectivity index (χ4v) is 6.62. The molecule has 1 unspecified atom stereocenters. The fraction of sp³-hybridized carbons (Fsp3) is 0.682.